The molecule has 0 saturated heterocycles. The number of halogens is 3. The monoisotopic (exact) mass is 398 g/mol. The van der Waals surface area contributed by atoms with E-state index in [4.69, 9.17) is 34.8 Å². The Morgan fingerprint density at radius 3 is 2.12 bits per heavy atom. The molecule has 0 aliphatic heterocycles. The van der Waals surface area contributed by atoms with Crippen molar-refractivity contribution in [1.82, 2.24) is 0 Å². The number of carbonyl (C=O) groups excluding carboxylic acids is 1. The molecule has 2 nitrogen and oxygen atoms in total. The molecule has 1 aromatic carbocycles. The van der Waals surface area contributed by atoms with Crippen LogP contribution in [0.2, 0.25) is 5.02 Å². The molecule has 6 heteroatoms. The molecule has 0 saturated carbocycles. The van der Waals surface area contributed by atoms with Crippen LogP contribution in [-0.4, -0.2) is 10.3 Å². The Labute approximate surface area is 181 Å². The van der Waals surface area contributed by atoms with Gasteiger partial charge in [0.05, 0.1) is 5.97 Å². The molecule has 1 rings (SSSR count). The molecule has 0 heterocycles. The maximum Gasteiger partial charge on any atom is 1.00 e. The summed E-state index contributed by atoms with van der Waals surface area (Å²) in [5.41, 5.74) is 1.33. The summed E-state index contributed by atoms with van der Waals surface area (Å²) in [7, 11) is 0. The first-order valence-corrected chi connectivity index (χ1v) is 9.06. The molecule has 128 valence electrons. The molecule has 0 amide bonds. The average molecular weight is 400 g/mol. The molecule has 0 N–H and O–H groups in total. The van der Waals surface area contributed by atoms with Gasteiger partial charge in [0.15, 0.2) is 4.33 Å². The van der Waals surface area contributed by atoms with E-state index < -0.39 is 10.3 Å². The summed E-state index contributed by atoms with van der Waals surface area (Å²) in [5, 5.41) is 11.4. The number of aliphatic carboxylic acids is 1. The van der Waals surface area contributed by atoms with Crippen molar-refractivity contribution < 1.29 is 39.5 Å². The number of unbranched alkanes of at least 4 members (excludes halogenated alkanes) is 6. The van der Waals surface area contributed by atoms with Gasteiger partial charge in [0.1, 0.15) is 0 Å². The first kappa shape index (κ1) is 24.3. The van der Waals surface area contributed by atoms with E-state index in [0.717, 1.165) is 30.7 Å². The smallest absolute Gasteiger partial charge is 0.547 e. The second-order valence-corrected chi connectivity index (χ2v) is 7.42. The molecule has 0 spiro atoms. The maximum absolute atomic E-state index is 10.6. The Bertz CT molecular complexity index is 501. The maximum atomic E-state index is 10.6. The Hall–Kier alpha value is 0.300. The normalized spacial score (nSPS) is 11.5. The van der Waals surface area contributed by atoms with Gasteiger partial charge in [-0.2, -0.15) is 0 Å². The van der Waals surface area contributed by atoms with Crippen molar-refractivity contribution in [2.45, 2.75) is 55.7 Å². The van der Waals surface area contributed by atoms with Gasteiger partial charge < -0.3 is 9.90 Å². The van der Waals surface area contributed by atoms with Crippen molar-refractivity contribution in [3.63, 3.8) is 0 Å². The molecule has 24 heavy (non-hydrogen) atoms. The first-order chi connectivity index (χ1) is 10.9. The van der Waals surface area contributed by atoms with E-state index in [1.54, 1.807) is 6.08 Å². The van der Waals surface area contributed by atoms with Gasteiger partial charge in [-0.15, -0.1) is 0 Å². The number of carboxylic acid groups (broad SMARTS) is 1. The molecule has 1 aromatic rings. The summed E-state index contributed by atoms with van der Waals surface area (Å²) in [6.07, 6.45) is 11.8. The molecule has 0 bridgehead atoms. The molecular formula is C18H22Cl3NaO2. The molecule has 0 aliphatic rings. The fourth-order valence-electron chi connectivity index (χ4n) is 2.25. The number of allylic oxidation sites excluding steroid dienone is 1. The van der Waals surface area contributed by atoms with Crippen LogP contribution in [0.4, 0.5) is 0 Å². The van der Waals surface area contributed by atoms with Gasteiger partial charge in [-0.3, -0.25) is 0 Å². The van der Waals surface area contributed by atoms with E-state index in [0.29, 0.717) is 0 Å². The van der Waals surface area contributed by atoms with Crippen LogP contribution < -0.4 is 34.7 Å². The predicted molar refractivity (Wildman–Crippen MR) is 96.1 cm³/mol. The van der Waals surface area contributed by atoms with Crippen LogP contribution in [-0.2, 0) is 11.2 Å². The fourth-order valence-corrected chi connectivity index (χ4v) is 2.55. The zero-order valence-corrected chi connectivity index (χ0v) is 18.3. The van der Waals surface area contributed by atoms with Crippen molar-refractivity contribution in [2.24, 2.45) is 0 Å². The van der Waals surface area contributed by atoms with Crippen LogP contribution in [0.5, 0.6) is 0 Å². The number of hydrogen-bond acceptors (Lipinski definition) is 2. The summed E-state index contributed by atoms with van der Waals surface area (Å²) in [6, 6.07) is 8.02. The van der Waals surface area contributed by atoms with E-state index in [9.17, 15) is 9.90 Å². The largest absolute Gasteiger partial charge is 1.00 e. The SMILES string of the molecule is O=C([O-])C(Cl)(Cl)C=CCCCCCCCCc1ccc(Cl)cc1.[Na+]. The Morgan fingerprint density at radius 2 is 1.54 bits per heavy atom. The summed E-state index contributed by atoms with van der Waals surface area (Å²) in [4.78, 5) is 10.6. The van der Waals surface area contributed by atoms with Crippen molar-refractivity contribution in [3.05, 3.63) is 47.0 Å². The summed E-state index contributed by atoms with van der Waals surface area (Å²) in [5.74, 6) is -1.49. The molecule has 0 unspecified atom stereocenters. The van der Waals surface area contributed by atoms with Crippen molar-refractivity contribution >= 4 is 40.8 Å². The topological polar surface area (TPSA) is 40.1 Å². The van der Waals surface area contributed by atoms with Gasteiger partial charge in [0, 0.05) is 5.02 Å². The van der Waals surface area contributed by atoms with Crippen LogP contribution in [0.25, 0.3) is 0 Å². The summed E-state index contributed by atoms with van der Waals surface area (Å²) in [6.45, 7) is 0. The number of hydrogen-bond donors (Lipinski definition) is 0. The number of carboxylic acids is 1. The number of alkyl halides is 2. The second kappa shape index (κ2) is 13.5. The standard InChI is InChI=1S/C18H23Cl3O2.Na/c19-16-12-10-15(11-13-16)9-7-5-3-1-2-4-6-8-14-18(20,21)17(22)23;/h8,10-14H,1-7,9H2,(H,22,23);/q;+1/p-1. The van der Waals surface area contributed by atoms with Gasteiger partial charge in [0.2, 0.25) is 0 Å². The zero-order chi connectivity index (χ0) is 17.1. The zero-order valence-electron chi connectivity index (χ0n) is 14.1. The van der Waals surface area contributed by atoms with Crippen LogP contribution >= 0.6 is 34.8 Å². The Kier molecular flexibility index (Phi) is 13.7. The summed E-state index contributed by atoms with van der Waals surface area (Å²) < 4.78 is -1.92. The minimum absolute atomic E-state index is 0. The van der Waals surface area contributed by atoms with E-state index in [1.807, 2.05) is 12.1 Å². The van der Waals surface area contributed by atoms with E-state index in [-0.39, 0.29) is 29.6 Å². The third kappa shape index (κ3) is 11.0. The van der Waals surface area contributed by atoms with E-state index >= 15 is 0 Å². The van der Waals surface area contributed by atoms with Gasteiger partial charge in [0.25, 0.3) is 0 Å². The minimum Gasteiger partial charge on any atom is -0.547 e. The predicted octanol–water partition coefficient (Wildman–Crippen LogP) is 2.10. The van der Waals surface area contributed by atoms with Crippen LogP contribution in [0.3, 0.4) is 0 Å². The molecule has 0 radical (unpaired) electrons. The molecule has 0 aromatic heterocycles. The van der Waals surface area contributed by atoms with E-state index in [1.165, 1.54) is 37.3 Å². The minimum atomic E-state index is -1.92. The van der Waals surface area contributed by atoms with Crippen molar-refractivity contribution in [1.29, 1.82) is 0 Å². The quantitative estimate of drug-likeness (QED) is 0.247. The van der Waals surface area contributed by atoms with Crippen molar-refractivity contribution in [2.75, 3.05) is 0 Å². The van der Waals surface area contributed by atoms with Gasteiger partial charge in [-0.25, -0.2) is 0 Å². The van der Waals surface area contributed by atoms with Gasteiger partial charge in [-0.05, 0) is 49.5 Å². The summed E-state index contributed by atoms with van der Waals surface area (Å²) >= 11 is 16.9. The van der Waals surface area contributed by atoms with Gasteiger partial charge >= 0.3 is 29.6 Å². The van der Waals surface area contributed by atoms with Crippen molar-refractivity contribution in [3.8, 4) is 0 Å². The second-order valence-electron chi connectivity index (χ2n) is 5.60. The molecular weight excluding hydrogens is 378 g/mol. The molecule has 0 aliphatic carbocycles. The number of benzene rings is 1. The molecule has 0 atom stereocenters. The van der Waals surface area contributed by atoms with Crippen LogP contribution in [0.15, 0.2) is 36.4 Å². The third-order valence-corrected chi connectivity index (χ3v) is 4.41. The third-order valence-electron chi connectivity index (χ3n) is 3.60. The number of carbonyl (C=O) groups is 1. The van der Waals surface area contributed by atoms with Crippen LogP contribution in [0.1, 0.15) is 50.5 Å². The fraction of sp³-hybridized carbons (Fsp3) is 0.500. The number of aryl methyl sites for hydroxylation is 1. The first-order valence-electron chi connectivity index (χ1n) is 7.93. The Balaban J connectivity index is 0.00000529. The number of rotatable bonds is 11. The Morgan fingerprint density at radius 1 is 1.00 bits per heavy atom. The van der Waals surface area contributed by atoms with E-state index in [2.05, 4.69) is 12.1 Å². The average Bonchev–Trinajstić information content (AvgIpc) is 2.50. The van der Waals surface area contributed by atoms with Gasteiger partial charge in [-0.1, -0.05) is 78.7 Å². The van der Waals surface area contributed by atoms with Crippen LogP contribution in [0, 0.1) is 0 Å². The molecule has 0 fully saturated rings.